The van der Waals surface area contributed by atoms with Gasteiger partial charge in [0, 0.05) is 58.4 Å². The quantitative estimate of drug-likeness (QED) is 0.181. The minimum absolute atomic E-state index is 0.338. The third-order valence-corrected chi connectivity index (χ3v) is 11.6. The van der Waals surface area contributed by atoms with Crippen LogP contribution in [0.4, 0.5) is 0 Å². The fraction of sp³-hybridized carbons (Fsp3) is 0. The standard InChI is InChI=1S/C48H25N5OS/c49-26-31-22-29(18-20-39(31)53-40-15-7-4-12-32(40)35-24-37-34-14-6-9-17-44(34)55-45(37)25-41(35)53)47-38(27-50)46(28-10-2-1-3-11-28)51-48(52-47)30-19-21-43-36(23-30)33-13-5-8-16-42(33)54-43/h1-25H. The maximum absolute atomic E-state index is 10.8. The highest BCUT2D eigenvalue weighted by Crippen LogP contribution is 2.42. The molecule has 0 saturated heterocycles. The van der Waals surface area contributed by atoms with Crippen LogP contribution in [0.5, 0.6) is 0 Å². The number of nitriles is 2. The van der Waals surface area contributed by atoms with Crippen LogP contribution in [-0.4, -0.2) is 14.5 Å². The van der Waals surface area contributed by atoms with Gasteiger partial charge < -0.3 is 8.98 Å². The number of aromatic nitrogens is 3. The molecule has 0 saturated carbocycles. The molecule has 0 radical (unpaired) electrons. The molecular weight excluding hydrogens is 695 g/mol. The van der Waals surface area contributed by atoms with E-state index in [1.54, 1.807) is 11.3 Å². The van der Waals surface area contributed by atoms with E-state index in [9.17, 15) is 10.5 Å². The Balaban J connectivity index is 1.13. The SMILES string of the molecule is N#Cc1cc(-c2nc(-c3ccc4oc5ccccc5c4c3)nc(-c3ccccc3)c2C#N)ccc1-n1c2ccccc2c2cc3c(cc21)sc1ccccc13. The van der Waals surface area contributed by atoms with Crippen molar-refractivity contribution in [2.75, 3.05) is 0 Å². The zero-order chi connectivity index (χ0) is 36.6. The number of rotatable bonds is 4. The summed E-state index contributed by atoms with van der Waals surface area (Å²) in [5.74, 6) is 0.470. The van der Waals surface area contributed by atoms with E-state index < -0.39 is 0 Å². The zero-order valence-electron chi connectivity index (χ0n) is 29.0. The van der Waals surface area contributed by atoms with Gasteiger partial charge in [0.15, 0.2) is 5.82 Å². The summed E-state index contributed by atoms with van der Waals surface area (Å²) in [6, 6.07) is 55.7. The van der Waals surface area contributed by atoms with Crippen LogP contribution in [0.2, 0.25) is 0 Å². The first kappa shape index (κ1) is 31.0. The molecule has 0 fully saturated rings. The first-order valence-corrected chi connectivity index (χ1v) is 18.7. The second kappa shape index (κ2) is 12.0. The molecule has 11 aromatic rings. The van der Waals surface area contributed by atoms with E-state index in [0.717, 1.165) is 60.6 Å². The number of fused-ring (bicyclic) bond motifs is 9. The number of para-hydroxylation sites is 2. The minimum Gasteiger partial charge on any atom is -0.456 e. The molecular formula is C48H25N5OS. The van der Waals surface area contributed by atoms with Crippen molar-refractivity contribution in [3.8, 4) is 51.7 Å². The van der Waals surface area contributed by atoms with Crippen molar-refractivity contribution in [3.63, 3.8) is 0 Å². The summed E-state index contributed by atoms with van der Waals surface area (Å²) in [5, 5.41) is 28.2. The van der Waals surface area contributed by atoms with Gasteiger partial charge in [-0.1, -0.05) is 91.0 Å². The number of thiophene rings is 1. The Bertz CT molecular complexity index is 3470. The van der Waals surface area contributed by atoms with Crippen molar-refractivity contribution in [3.05, 3.63) is 163 Å². The van der Waals surface area contributed by atoms with E-state index in [1.165, 1.54) is 20.2 Å². The fourth-order valence-electron chi connectivity index (χ4n) is 7.99. The normalized spacial score (nSPS) is 11.6. The molecule has 0 spiro atoms. The van der Waals surface area contributed by atoms with Crippen molar-refractivity contribution in [1.82, 2.24) is 14.5 Å². The van der Waals surface area contributed by atoms with Crippen molar-refractivity contribution in [2.24, 2.45) is 0 Å². The van der Waals surface area contributed by atoms with E-state index in [2.05, 4.69) is 71.3 Å². The summed E-state index contributed by atoms with van der Waals surface area (Å²) in [6.45, 7) is 0. The molecule has 0 aliphatic rings. The van der Waals surface area contributed by atoms with Gasteiger partial charge in [-0.2, -0.15) is 10.5 Å². The van der Waals surface area contributed by atoms with Crippen molar-refractivity contribution >= 4 is 75.3 Å². The summed E-state index contributed by atoms with van der Waals surface area (Å²) in [7, 11) is 0. The van der Waals surface area contributed by atoms with Crippen LogP contribution in [0, 0.1) is 22.7 Å². The average Bonchev–Trinajstić information content (AvgIpc) is 3.91. The second-order valence-corrected chi connectivity index (χ2v) is 14.7. The van der Waals surface area contributed by atoms with Gasteiger partial charge in [0.25, 0.3) is 0 Å². The summed E-state index contributed by atoms with van der Waals surface area (Å²) < 4.78 is 10.7. The summed E-state index contributed by atoms with van der Waals surface area (Å²) in [4.78, 5) is 10.1. The van der Waals surface area contributed by atoms with Crippen LogP contribution in [0.25, 0.3) is 104 Å². The molecule has 55 heavy (non-hydrogen) atoms. The Morgan fingerprint density at radius 3 is 2.04 bits per heavy atom. The van der Waals surface area contributed by atoms with Crippen LogP contribution < -0.4 is 0 Å². The lowest BCUT2D eigenvalue weighted by molar-refractivity contribution is 0.669. The van der Waals surface area contributed by atoms with Gasteiger partial charge in [0.2, 0.25) is 0 Å². The average molecular weight is 720 g/mol. The van der Waals surface area contributed by atoms with Gasteiger partial charge in [-0.25, -0.2) is 9.97 Å². The van der Waals surface area contributed by atoms with Crippen LogP contribution in [0.3, 0.4) is 0 Å². The van der Waals surface area contributed by atoms with E-state index in [-0.39, 0.29) is 0 Å². The molecule has 0 unspecified atom stereocenters. The second-order valence-electron chi connectivity index (χ2n) is 13.6. The first-order chi connectivity index (χ1) is 27.2. The predicted octanol–water partition coefficient (Wildman–Crippen LogP) is 12.6. The molecule has 4 aromatic heterocycles. The lowest BCUT2D eigenvalue weighted by Crippen LogP contribution is -2.02. The third kappa shape index (κ3) is 4.71. The minimum atomic E-state index is 0.338. The maximum Gasteiger partial charge on any atom is 0.160 e. The predicted molar refractivity (Wildman–Crippen MR) is 222 cm³/mol. The number of benzene rings is 7. The Hall–Kier alpha value is -7.58. The number of hydrogen-bond acceptors (Lipinski definition) is 6. The van der Waals surface area contributed by atoms with Gasteiger partial charge in [0.05, 0.1) is 33.7 Å². The summed E-state index contributed by atoms with van der Waals surface area (Å²) >= 11 is 1.78. The van der Waals surface area contributed by atoms with Gasteiger partial charge in [-0.05, 0) is 60.7 Å². The Labute approximate surface area is 318 Å². The van der Waals surface area contributed by atoms with Crippen LogP contribution in [0.15, 0.2) is 156 Å². The monoisotopic (exact) mass is 719 g/mol. The Kier molecular flexibility index (Phi) is 6.75. The van der Waals surface area contributed by atoms with E-state index >= 15 is 0 Å². The van der Waals surface area contributed by atoms with Crippen molar-refractivity contribution in [2.45, 2.75) is 0 Å². The van der Waals surface area contributed by atoms with Gasteiger partial charge >= 0.3 is 0 Å². The summed E-state index contributed by atoms with van der Waals surface area (Å²) in [6.07, 6.45) is 0. The van der Waals surface area contributed by atoms with E-state index in [4.69, 9.17) is 14.4 Å². The highest BCUT2D eigenvalue weighted by Gasteiger charge is 2.22. The van der Waals surface area contributed by atoms with Gasteiger partial charge in [-0.3, -0.25) is 0 Å². The summed E-state index contributed by atoms with van der Waals surface area (Å²) in [5.41, 5.74) is 8.41. The fourth-order valence-corrected chi connectivity index (χ4v) is 9.11. The molecule has 6 nitrogen and oxygen atoms in total. The molecule has 7 heteroatoms. The van der Waals surface area contributed by atoms with E-state index in [1.807, 2.05) is 97.1 Å². The Morgan fingerprint density at radius 1 is 0.491 bits per heavy atom. The maximum atomic E-state index is 10.8. The van der Waals surface area contributed by atoms with E-state index in [0.29, 0.717) is 33.9 Å². The molecule has 0 bridgehead atoms. The van der Waals surface area contributed by atoms with Crippen LogP contribution in [-0.2, 0) is 0 Å². The lowest BCUT2D eigenvalue weighted by Gasteiger charge is -2.14. The Morgan fingerprint density at radius 2 is 1.20 bits per heavy atom. The molecule has 11 rings (SSSR count). The number of hydrogen-bond donors (Lipinski definition) is 0. The molecule has 254 valence electrons. The molecule has 0 aliphatic heterocycles. The highest BCUT2D eigenvalue weighted by molar-refractivity contribution is 7.25. The highest BCUT2D eigenvalue weighted by atomic mass is 32.1. The molecule has 0 aliphatic carbocycles. The number of furan rings is 1. The molecule has 4 heterocycles. The third-order valence-electron chi connectivity index (χ3n) is 10.5. The van der Waals surface area contributed by atoms with Crippen LogP contribution in [0.1, 0.15) is 11.1 Å². The topological polar surface area (TPSA) is 91.4 Å². The molecule has 7 aromatic carbocycles. The van der Waals surface area contributed by atoms with Gasteiger partial charge in [0.1, 0.15) is 28.9 Å². The lowest BCUT2D eigenvalue weighted by atomic mass is 9.98. The zero-order valence-corrected chi connectivity index (χ0v) is 29.8. The van der Waals surface area contributed by atoms with Crippen LogP contribution >= 0.6 is 11.3 Å². The molecule has 0 N–H and O–H groups in total. The van der Waals surface area contributed by atoms with Crippen molar-refractivity contribution < 1.29 is 4.42 Å². The molecule has 0 amide bonds. The van der Waals surface area contributed by atoms with Crippen molar-refractivity contribution in [1.29, 1.82) is 10.5 Å². The first-order valence-electron chi connectivity index (χ1n) is 17.9. The van der Waals surface area contributed by atoms with Gasteiger partial charge in [-0.15, -0.1) is 11.3 Å². The largest absolute Gasteiger partial charge is 0.456 e. The number of nitrogens with zero attached hydrogens (tertiary/aromatic N) is 5. The smallest absolute Gasteiger partial charge is 0.160 e. The molecule has 0 atom stereocenters.